The number of morpholine rings is 2. The van der Waals surface area contributed by atoms with Crippen molar-refractivity contribution in [1.82, 2.24) is 34.5 Å². The van der Waals surface area contributed by atoms with Crippen molar-refractivity contribution in [2.75, 3.05) is 73.5 Å². The van der Waals surface area contributed by atoms with Gasteiger partial charge in [-0.15, -0.1) is 10.2 Å². The molecule has 0 unspecified atom stereocenters. The van der Waals surface area contributed by atoms with Crippen LogP contribution in [0.2, 0.25) is 0 Å². The van der Waals surface area contributed by atoms with E-state index in [0.29, 0.717) is 30.5 Å². The topological polar surface area (TPSA) is 178 Å². The van der Waals surface area contributed by atoms with Crippen LogP contribution in [0, 0.1) is 0 Å². The number of carbonyl (C=O) groups is 1. The molecule has 6 heterocycles. The Labute approximate surface area is 342 Å². The first-order valence-corrected chi connectivity index (χ1v) is 18.9. The van der Waals surface area contributed by atoms with Crippen LogP contribution in [0.1, 0.15) is 56.4 Å². The summed E-state index contributed by atoms with van der Waals surface area (Å²) in [6.07, 6.45) is 3.87. The number of nitrogens with one attached hydrogen (secondary N) is 2. The highest BCUT2D eigenvalue weighted by Gasteiger charge is 2.20. The zero-order valence-electron chi connectivity index (χ0n) is 33.2. The highest BCUT2D eigenvalue weighted by atomic mass is 16.5. The van der Waals surface area contributed by atoms with Crippen molar-refractivity contribution >= 4 is 40.1 Å². The molecule has 58 heavy (non-hydrogen) atoms. The van der Waals surface area contributed by atoms with E-state index in [1.807, 2.05) is 136 Å². The predicted molar refractivity (Wildman–Crippen MR) is 237 cm³/mol. The lowest BCUT2D eigenvalue weighted by Crippen LogP contribution is -2.43. The minimum absolute atomic E-state index is 0. The quantitative estimate of drug-likeness (QED) is 0.132. The fourth-order valence-electron chi connectivity index (χ4n) is 5.94. The van der Waals surface area contributed by atoms with Crippen molar-refractivity contribution < 1.29 is 14.3 Å². The van der Waals surface area contributed by atoms with E-state index in [9.17, 15) is 4.79 Å². The maximum absolute atomic E-state index is 12.1. The molecule has 15 heteroatoms. The summed E-state index contributed by atoms with van der Waals surface area (Å²) in [6, 6.07) is 23.0. The lowest BCUT2D eigenvalue weighted by atomic mass is 10.1. The van der Waals surface area contributed by atoms with Crippen molar-refractivity contribution in [2.45, 2.75) is 67.5 Å². The number of nitrogen functional groups attached to an aromatic ring is 1. The zero-order valence-corrected chi connectivity index (χ0v) is 33.2. The molecule has 0 radical (unpaired) electrons. The fraction of sp³-hybridized carbons (Fsp3) is 0.419. The molecule has 6 aromatic rings. The van der Waals surface area contributed by atoms with Crippen molar-refractivity contribution in [1.29, 1.82) is 0 Å². The second-order valence-electron chi connectivity index (χ2n) is 15.8. The highest BCUT2D eigenvalue weighted by molar-refractivity contribution is 5.90. The Bertz CT molecular complexity index is 2190. The van der Waals surface area contributed by atoms with Gasteiger partial charge in [0.05, 0.1) is 26.4 Å². The smallest absolute Gasteiger partial charge is 0.319 e. The summed E-state index contributed by atoms with van der Waals surface area (Å²) >= 11 is 0. The summed E-state index contributed by atoms with van der Waals surface area (Å²) in [7, 11) is 0. The number of hydrogen-bond donors (Lipinski definition) is 4. The fourth-order valence-corrected chi connectivity index (χ4v) is 5.94. The summed E-state index contributed by atoms with van der Waals surface area (Å²) < 4.78 is 14.6. The molecule has 2 aliphatic rings. The molecule has 0 atom stereocenters. The monoisotopic (exact) mass is 795 g/mol. The number of nitrogens with two attached hydrogens (primary N) is 2. The van der Waals surface area contributed by atoms with Crippen LogP contribution in [0.25, 0.3) is 33.8 Å². The van der Waals surface area contributed by atoms with E-state index in [1.165, 1.54) is 0 Å². The number of anilines is 4. The Morgan fingerprint density at radius 3 is 1.45 bits per heavy atom. The van der Waals surface area contributed by atoms with E-state index >= 15 is 0 Å². The van der Waals surface area contributed by atoms with Gasteiger partial charge >= 0.3 is 6.03 Å². The SMILES string of the molecule is C.C.CC(C)(C)N.CC(C)(C)NC(=O)Nc1ccc(-c2nc(N3CCOCC3)c3cccn3n2)cc1.Nc1ccc(-c2nc(N3CCOCC3)c3cccn3n2)cc1. The van der Waals surface area contributed by atoms with Crippen LogP contribution >= 0.6 is 0 Å². The van der Waals surface area contributed by atoms with Gasteiger partial charge in [0.25, 0.3) is 0 Å². The van der Waals surface area contributed by atoms with Crippen LogP contribution in [0.4, 0.5) is 27.8 Å². The second-order valence-corrected chi connectivity index (χ2v) is 15.8. The van der Waals surface area contributed by atoms with E-state index in [1.54, 1.807) is 0 Å². The molecule has 15 nitrogen and oxygen atoms in total. The molecule has 8 rings (SSSR count). The van der Waals surface area contributed by atoms with E-state index < -0.39 is 0 Å². The van der Waals surface area contributed by atoms with E-state index in [0.717, 1.165) is 78.9 Å². The summed E-state index contributed by atoms with van der Waals surface area (Å²) in [4.78, 5) is 26.2. The first kappa shape index (κ1) is 44.9. The van der Waals surface area contributed by atoms with Crippen molar-refractivity contribution in [3.63, 3.8) is 0 Å². The van der Waals surface area contributed by atoms with Gasteiger partial charge in [-0.2, -0.15) is 0 Å². The lowest BCUT2D eigenvalue weighted by Gasteiger charge is -2.28. The number of aromatic nitrogens is 6. The Hall–Kier alpha value is -5.77. The van der Waals surface area contributed by atoms with Crippen LogP contribution in [-0.2, 0) is 9.47 Å². The summed E-state index contributed by atoms with van der Waals surface area (Å²) in [5, 5.41) is 15.0. The molecule has 2 amide bonds. The van der Waals surface area contributed by atoms with E-state index in [2.05, 4.69) is 30.6 Å². The molecule has 6 N–H and O–H groups in total. The Morgan fingerprint density at radius 2 is 1.05 bits per heavy atom. The Balaban J connectivity index is 0.000000229. The molecular weight excluding hydrogens is 733 g/mol. The molecule has 2 aliphatic heterocycles. The predicted octanol–water partition coefficient (Wildman–Crippen LogP) is 6.98. The highest BCUT2D eigenvalue weighted by Crippen LogP contribution is 2.27. The molecule has 0 aliphatic carbocycles. The molecular formula is C43H62N12O3. The van der Waals surface area contributed by atoms with Gasteiger partial charge in [-0.05, 0) is 114 Å². The molecule has 312 valence electrons. The van der Waals surface area contributed by atoms with Crippen LogP contribution in [-0.4, -0.2) is 98.9 Å². The number of fused-ring (bicyclic) bond motifs is 2. The van der Waals surface area contributed by atoms with Gasteiger partial charge < -0.3 is 41.4 Å². The molecule has 4 aromatic heterocycles. The molecule has 2 saturated heterocycles. The number of ether oxygens (including phenoxy) is 2. The molecule has 2 fully saturated rings. The van der Waals surface area contributed by atoms with Crippen LogP contribution < -0.4 is 31.9 Å². The Morgan fingerprint density at radius 1 is 0.655 bits per heavy atom. The third-order valence-corrected chi connectivity index (χ3v) is 8.42. The number of urea groups is 1. The average molecular weight is 795 g/mol. The van der Waals surface area contributed by atoms with Gasteiger partial charge in [0.15, 0.2) is 23.3 Å². The number of carbonyl (C=O) groups excluding carboxylic acids is 1. The molecule has 2 aromatic carbocycles. The minimum atomic E-state index is -0.292. The van der Waals surface area contributed by atoms with Crippen LogP contribution in [0.3, 0.4) is 0 Å². The van der Waals surface area contributed by atoms with Gasteiger partial charge in [0.2, 0.25) is 0 Å². The number of hydrogen-bond acceptors (Lipinski definition) is 11. The molecule has 0 spiro atoms. The largest absolute Gasteiger partial charge is 0.399 e. The van der Waals surface area contributed by atoms with Gasteiger partial charge in [-0.1, -0.05) is 14.9 Å². The lowest BCUT2D eigenvalue weighted by molar-refractivity contribution is 0.122. The molecule has 0 saturated carbocycles. The normalized spacial score (nSPS) is 14.3. The molecule has 0 bridgehead atoms. The van der Waals surface area contributed by atoms with E-state index in [-0.39, 0.29) is 32.0 Å². The summed E-state index contributed by atoms with van der Waals surface area (Å²) in [6.45, 7) is 17.9. The maximum Gasteiger partial charge on any atom is 0.319 e. The second kappa shape index (κ2) is 19.6. The summed E-state index contributed by atoms with van der Waals surface area (Å²) in [5.74, 6) is 3.20. The zero-order chi connectivity index (χ0) is 39.9. The van der Waals surface area contributed by atoms with Gasteiger partial charge in [-0.25, -0.2) is 23.8 Å². The third-order valence-electron chi connectivity index (χ3n) is 8.42. The van der Waals surface area contributed by atoms with Crippen LogP contribution in [0.15, 0.2) is 85.2 Å². The van der Waals surface area contributed by atoms with E-state index in [4.69, 9.17) is 30.9 Å². The maximum atomic E-state index is 12.1. The third kappa shape index (κ3) is 12.4. The number of benzene rings is 2. The number of amides is 2. The first-order valence-electron chi connectivity index (χ1n) is 18.9. The van der Waals surface area contributed by atoms with Gasteiger partial charge in [0, 0.05) is 72.2 Å². The number of rotatable bonds is 5. The average Bonchev–Trinajstić information content (AvgIpc) is 3.84. The Kier molecular flexibility index (Phi) is 15.2. The van der Waals surface area contributed by atoms with Crippen molar-refractivity contribution in [2.24, 2.45) is 5.73 Å². The minimum Gasteiger partial charge on any atom is -0.399 e. The first-order chi connectivity index (χ1) is 26.7. The van der Waals surface area contributed by atoms with Crippen LogP contribution in [0.5, 0.6) is 0 Å². The van der Waals surface area contributed by atoms with Crippen molar-refractivity contribution in [3.8, 4) is 22.8 Å². The van der Waals surface area contributed by atoms with Gasteiger partial charge in [-0.3, -0.25) is 0 Å². The van der Waals surface area contributed by atoms with Crippen molar-refractivity contribution in [3.05, 3.63) is 85.2 Å². The standard InChI is InChI=1S/C21H26N6O2.C16H17N5O.C4H11N.2CH4/c1-21(2,3)24-20(28)22-16-8-6-15(7-9-16)18-23-19(26-11-13-29-14-12-26)17-5-4-10-27(17)25-18;17-13-5-3-12(4-6-13)15-18-16(20-8-10-22-11-9-20)14-2-1-7-21(14)19-15;1-4(2,3)5;;/h4-10H,11-14H2,1-3H3,(H2,22,24,28);1-7H,8-11,17H2;5H2,1-3H3;2*1H4. The van der Waals surface area contributed by atoms with Gasteiger partial charge in [0.1, 0.15) is 11.0 Å². The summed E-state index contributed by atoms with van der Waals surface area (Å²) in [5.41, 5.74) is 16.1. The number of nitrogens with zero attached hydrogens (tertiary/aromatic N) is 8.